The van der Waals surface area contributed by atoms with Crippen LogP contribution >= 0.6 is 0 Å². The fourth-order valence-corrected chi connectivity index (χ4v) is 1.67. The van der Waals surface area contributed by atoms with E-state index in [-0.39, 0.29) is 18.0 Å². The molecule has 0 saturated heterocycles. The Morgan fingerprint density at radius 1 is 1.14 bits per heavy atom. The van der Waals surface area contributed by atoms with Crippen molar-refractivity contribution >= 4 is 15.6 Å². The Kier molecular flexibility index (Phi) is 6.74. The zero-order valence-corrected chi connectivity index (χ0v) is 9.48. The van der Waals surface area contributed by atoms with Crippen molar-refractivity contribution in [2.24, 2.45) is 5.73 Å². The minimum Gasteiger partial charge on any atom is -0.330 e. The standard InChI is InChI=1S/C9H19NO3S/c1-14(12,13)8-6-9(11)5-3-2-4-7-10/h2-8,10H2,1H3. The number of Topliss-reactive ketones (excluding diaryl/α,β-unsaturated/α-hetero) is 1. The number of carbonyl (C=O) groups excluding carboxylic acids is 1. The summed E-state index contributed by atoms with van der Waals surface area (Å²) in [5.41, 5.74) is 5.30. The first-order chi connectivity index (χ1) is 6.45. The molecule has 2 N–H and O–H groups in total. The number of ketones is 1. The second-order valence-corrected chi connectivity index (χ2v) is 5.78. The monoisotopic (exact) mass is 221 g/mol. The summed E-state index contributed by atoms with van der Waals surface area (Å²) in [5, 5.41) is 0. The molecule has 0 saturated carbocycles. The van der Waals surface area contributed by atoms with Crippen LogP contribution in [-0.2, 0) is 14.6 Å². The molecule has 0 unspecified atom stereocenters. The normalized spacial score (nSPS) is 11.6. The summed E-state index contributed by atoms with van der Waals surface area (Å²) in [5.74, 6) is 0.00960. The van der Waals surface area contributed by atoms with E-state index in [0.717, 1.165) is 25.5 Å². The summed E-state index contributed by atoms with van der Waals surface area (Å²) in [6, 6.07) is 0. The molecule has 0 aromatic carbocycles. The van der Waals surface area contributed by atoms with Gasteiger partial charge in [-0.2, -0.15) is 0 Å². The maximum absolute atomic E-state index is 11.2. The molecule has 5 heteroatoms. The highest BCUT2D eigenvalue weighted by Crippen LogP contribution is 2.02. The zero-order valence-electron chi connectivity index (χ0n) is 8.66. The summed E-state index contributed by atoms with van der Waals surface area (Å²) in [6.45, 7) is 0.650. The van der Waals surface area contributed by atoms with Gasteiger partial charge in [0.15, 0.2) is 0 Å². The number of rotatable bonds is 8. The van der Waals surface area contributed by atoms with Gasteiger partial charge in [-0.15, -0.1) is 0 Å². The Morgan fingerprint density at radius 3 is 2.29 bits per heavy atom. The molecule has 0 rings (SSSR count). The Morgan fingerprint density at radius 2 is 1.79 bits per heavy atom. The molecule has 0 aliphatic rings. The van der Waals surface area contributed by atoms with Crippen molar-refractivity contribution in [1.82, 2.24) is 0 Å². The van der Waals surface area contributed by atoms with Crippen molar-refractivity contribution in [3.05, 3.63) is 0 Å². The molecule has 0 amide bonds. The van der Waals surface area contributed by atoms with Gasteiger partial charge in [0, 0.05) is 19.1 Å². The Hall–Kier alpha value is -0.420. The maximum atomic E-state index is 11.2. The first-order valence-corrected chi connectivity index (χ1v) is 6.91. The van der Waals surface area contributed by atoms with E-state index in [2.05, 4.69) is 0 Å². The number of hydrogen-bond acceptors (Lipinski definition) is 4. The highest BCUT2D eigenvalue weighted by molar-refractivity contribution is 7.90. The van der Waals surface area contributed by atoms with Crippen molar-refractivity contribution in [2.45, 2.75) is 32.1 Å². The van der Waals surface area contributed by atoms with Crippen LogP contribution < -0.4 is 5.73 Å². The van der Waals surface area contributed by atoms with Gasteiger partial charge in [0.2, 0.25) is 0 Å². The van der Waals surface area contributed by atoms with Gasteiger partial charge in [0.1, 0.15) is 15.6 Å². The first-order valence-electron chi connectivity index (χ1n) is 4.85. The van der Waals surface area contributed by atoms with Crippen LogP contribution in [0, 0.1) is 0 Å². The second-order valence-electron chi connectivity index (χ2n) is 3.52. The predicted molar refractivity (Wildman–Crippen MR) is 56.9 cm³/mol. The third kappa shape index (κ3) is 9.67. The highest BCUT2D eigenvalue weighted by atomic mass is 32.2. The average Bonchev–Trinajstić information content (AvgIpc) is 2.08. The summed E-state index contributed by atoms with van der Waals surface area (Å²) in [6.07, 6.45) is 4.48. The zero-order chi connectivity index (χ0) is 11.0. The van der Waals surface area contributed by atoms with Crippen LogP contribution in [0.5, 0.6) is 0 Å². The molecular formula is C9H19NO3S. The van der Waals surface area contributed by atoms with E-state index in [1.807, 2.05) is 0 Å². The maximum Gasteiger partial charge on any atom is 0.147 e. The van der Waals surface area contributed by atoms with E-state index in [4.69, 9.17) is 5.73 Å². The molecule has 0 fully saturated rings. The molecule has 0 spiro atoms. The van der Waals surface area contributed by atoms with Crippen molar-refractivity contribution in [2.75, 3.05) is 18.6 Å². The number of nitrogens with two attached hydrogens (primary N) is 1. The van der Waals surface area contributed by atoms with Crippen LogP contribution in [0.1, 0.15) is 32.1 Å². The van der Waals surface area contributed by atoms with E-state index in [0.29, 0.717) is 13.0 Å². The van der Waals surface area contributed by atoms with E-state index >= 15 is 0 Å². The van der Waals surface area contributed by atoms with Crippen LogP contribution in [-0.4, -0.2) is 32.8 Å². The Labute approximate surface area is 85.8 Å². The summed E-state index contributed by atoms with van der Waals surface area (Å²) in [7, 11) is -3.00. The van der Waals surface area contributed by atoms with Crippen molar-refractivity contribution in [3.63, 3.8) is 0 Å². The van der Waals surface area contributed by atoms with E-state index in [1.165, 1.54) is 0 Å². The van der Waals surface area contributed by atoms with Gasteiger partial charge in [-0.05, 0) is 19.4 Å². The smallest absolute Gasteiger partial charge is 0.147 e. The molecule has 0 radical (unpaired) electrons. The molecule has 4 nitrogen and oxygen atoms in total. The minimum atomic E-state index is -3.00. The van der Waals surface area contributed by atoms with E-state index in [9.17, 15) is 13.2 Å². The lowest BCUT2D eigenvalue weighted by Crippen LogP contribution is -2.09. The lowest BCUT2D eigenvalue weighted by Gasteiger charge is -1.99. The van der Waals surface area contributed by atoms with Crippen LogP contribution in [0.3, 0.4) is 0 Å². The topological polar surface area (TPSA) is 77.2 Å². The van der Waals surface area contributed by atoms with Gasteiger partial charge in [0.25, 0.3) is 0 Å². The lowest BCUT2D eigenvalue weighted by molar-refractivity contribution is -0.118. The molecule has 14 heavy (non-hydrogen) atoms. The van der Waals surface area contributed by atoms with Gasteiger partial charge in [-0.3, -0.25) is 4.79 Å². The third-order valence-corrected chi connectivity index (χ3v) is 2.86. The third-order valence-electron chi connectivity index (χ3n) is 1.91. The number of hydrogen-bond donors (Lipinski definition) is 1. The molecule has 0 bridgehead atoms. The van der Waals surface area contributed by atoms with E-state index < -0.39 is 9.84 Å². The van der Waals surface area contributed by atoms with Crippen molar-refractivity contribution in [1.29, 1.82) is 0 Å². The molecule has 0 aliphatic heterocycles. The molecule has 0 heterocycles. The van der Waals surface area contributed by atoms with Gasteiger partial charge in [-0.25, -0.2) is 8.42 Å². The molecule has 0 aliphatic carbocycles. The van der Waals surface area contributed by atoms with Gasteiger partial charge < -0.3 is 5.73 Å². The second kappa shape index (κ2) is 6.95. The fourth-order valence-electron chi connectivity index (χ4n) is 1.07. The van der Waals surface area contributed by atoms with Crippen LogP contribution in [0.2, 0.25) is 0 Å². The highest BCUT2D eigenvalue weighted by Gasteiger charge is 2.07. The lowest BCUT2D eigenvalue weighted by atomic mass is 10.1. The summed E-state index contributed by atoms with van der Waals surface area (Å²) in [4.78, 5) is 11.2. The first kappa shape index (κ1) is 13.6. The van der Waals surface area contributed by atoms with Crippen LogP contribution in [0.25, 0.3) is 0 Å². The van der Waals surface area contributed by atoms with Crippen molar-refractivity contribution < 1.29 is 13.2 Å². The quantitative estimate of drug-likeness (QED) is 0.606. The van der Waals surface area contributed by atoms with E-state index in [1.54, 1.807) is 0 Å². The average molecular weight is 221 g/mol. The van der Waals surface area contributed by atoms with Crippen LogP contribution in [0.15, 0.2) is 0 Å². The molecule has 0 aromatic heterocycles. The molecule has 0 aromatic rings. The van der Waals surface area contributed by atoms with Gasteiger partial charge >= 0.3 is 0 Å². The van der Waals surface area contributed by atoms with Crippen molar-refractivity contribution in [3.8, 4) is 0 Å². The molecule has 84 valence electrons. The fraction of sp³-hybridized carbons (Fsp3) is 0.889. The molecular weight excluding hydrogens is 202 g/mol. The molecule has 0 atom stereocenters. The Balaban J connectivity index is 3.47. The Bertz CT molecular complexity index is 259. The number of sulfone groups is 1. The van der Waals surface area contributed by atoms with Crippen LogP contribution in [0.4, 0.5) is 0 Å². The largest absolute Gasteiger partial charge is 0.330 e. The number of unbranched alkanes of at least 4 members (excludes halogenated alkanes) is 2. The number of carbonyl (C=O) groups is 1. The van der Waals surface area contributed by atoms with Gasteiger partial charge in [0.05, 0.1) is 5.75 Å². The minimum absolute atomic E-state index is 0.0251. The predicted octanol–water partition coefficient (Wildman–Crippen LogP) is 0.509. The summed E-state index contributed by atoms with van der Waals surface area (Å²) < 4.78 is 21.5. The SMILES string of the molecule is CS(=O)(=O)CCC(=O)CCCCCN. The summed E-state index contributed by atoms with van der Waals surface area (Å²) >= 11 is 0. The van der Waals surface area contributed by atoms with Gasteiger partial charge in [-0.1, -0.05) is 6.42 Å².